The molecule has 6 heteroatoms. The molecule has 0 fully saturated rings. The van der Waals surface area contributed by atoms with Gasteiger partial charge in [0.2, 0.25) is 5.95 Å². The van der Waals surface area contributed by atoms with Crippen LogP contribution in [0, 0.1) is 0 Å². The van der Waals surface area contributed by atoms with Crippen LogP contribution in [0.3, 0.4) is 0 Å². The summed E-state index contributed by atoms with van der Waals surface area (Å²) in [5.41, 5.74) is 0.941. The van der Waals surface area contributed by atoms with Crippen LogP contribution in [-0.2, 0) is 13.5 Å². The number of aryl methyl sites for hydroxylation is 1. The molecule has 0 aliphatic carbocycles. The van der Waals surface area contributed by atoms with Crippen LogP contribution >= 0.6 is 0 Å². The summed E-state index contributed by atoms with van der Waals surface area (Å²) in [5.74, 6) is 1.45. The summed E-state index contributed by atoms with van der Waals surface area (Å²) < 4.78 is 1.70. The number of rotatable bonds is 4. The topological polar surface area (TPSA) is 68.5 Å². The van der Waals surface area contributed by atoms with Gasteiger partial charge in [-0.25, -0.2) is 15.0 Å². The molecule has 0 aliphatic heterocycles. The smallest absolute Gasteiger partial charge is 0.223 e. The first-order valence-corrected chi connectivity index (χ1v) is 6.11. The first-order chi connectivity index (χ1) is 9.31. The molecule has 3 rings (SSSR count). The molecule has 19 heavy (non-hydrogen) atoms. The number of aromatic nitrogens is 5. The van der Waals surface area contributed by atoms with Crippen molar-refractivity contribution < 1.29 is 0 Å². The maximum atomic E-state index is 4.44. The van der Waals surface area contributed by atoms with Gasteiger partial charge < -0.3 is 5.32 Å². The summed E-state index contributed by atoms with van der Waals surface area (Å²) in [6.45, 7) is 0.711. The summed E-state index contributed by atoms with van der Waals surface area (Å²) in [6.07, 6.45) is 4.27. The molecule has 0 atom stereocenters. The zero-order valence-corrected chi connectivity index (χ0v) is 10.6. The summed E-state index contributed by atoms with van der Waals surface area (Å²) in [4.78, 5) is 12.9. The lowest BCUT2D eigenvalue weighted by Crippen LogP contribution is -2.09. The Labute approximate surface area is 110 Å². The fourth-order valence-electron chi connectivity index (χ4n) is 1.84. The Morgan fingerprint density at radius 3 is 2.95 bits per heavy atom. The molecule has 0 saturated carbocycles. The lowest BCUT2D eigenvalue weighted by Gasteiger charge is -2.04. The van der Waals surface area contributed by atoms with Gasteiger partial charge in [-0.15, -0.1) is 0 Å². The number of nitrogens with zero attached hydrogens (tertiary/aromatic N) is 5. The summed E-state index contributed by atoms with van der Waals surface area (Å²) in [5, 5.41) is 8.44. The molecule has 0 amide bonds. The van der Waals surface area contributed by atoms with E-state index in [-0.39, 0.29) is 0 Å². The van der Waals surface area contributed by atoms with E-state index in [1.54, 1.807) is 11.0 Å². The molecule has 1 N–H and O–H groups in total. The van der Waals surface area contributed by atoms with Crippen LogP contribution in [0.4, 0.5) is 5.95 Å². The molecule has 0 aliphatic rings. The van der Waals surface area contributed by atoms with Gasteiger partial charge in [-0.05, 0) is 6.07 Å². The van der Waals surface area contributed by atoms with Gasteiger partial charge in [0.05, 0.1) is 5.52 Å². The molecule has 6 nitrogen and oxygen atoms in total. The Kier molecular flexibility index (Phi) is 3.06. The molecule has 0 saturated heterocycles. The van der Waals surface area contributed by atoms with E-state index in [0.717, 1.165) is 23.1 Å². The number of para-hydroxylation sites is 1. The van der Waals surface area contributed by atoms with Crippen molar-refractivity contribution in [1.82, 2.24) is 24.7 Å². The zero-order valence-electron chi connectivity index (χ0n) is 10.6. The largest absolute Gasteiger partial charge is 0.354 e. The van der Waals surface area contributed by atoms with E-state index in [2.05, 4.69) is 25.4 Å². The lowest BCUT2D eigenvalue weighted by atomic mass is 10.2. The normalized spacial score (nSPS) is 10.8. The maximum Gasteiger partial charge on any atom is 0.223 e. The van der Waals surface area contributed by atoms with Crippen LogP contribution in [0.15, 0.2) is 36.8 Å². The second kappa shape index (κ2) is 5.01. The minimum atomic E-state index is 0.634. The Bertz CT molecular complexity index is 690. The summed E-state index contributed by atoms with van der Waals surface area (Å²) in [6, 6.07) is 7.92. The highest BCUT2D eigenvalue weighted by molar-refractivity contribution is 5.78. The summed E-state index contributed by atoms with van der Waals surface area (Å²) in [7, 11) is 1.86. The van der Waals surface area contributed by atoms with Gasteiger partial charge >= 0.3 is 0 Å². The third-order valence-electron chi connectivity index (χ3n) is 2.77. The first kappa shape index (κ1) is 11.6. The minimum Gasteiger partial charge on any atom is -0.354 e. The Morgan fingerprint density at radius 1 is 1.21 bits per heavy atom. The van der Waals surface area contributed by atoms with Crippen molar-refractivity contribution in [3.05, 3.63) is 42.6 Å². The predicted octanol–water partition coefficient (Wildman–Crippen LogP) is 1.41. The highest BCUT2D eigenvalue weighted by atomic mass is 15.3. The number of nitrogens with one attached hydrogen (secondary N) is 1. The molecule has 0 unspecified atom stereocenters. The lowest BCUT2D eigenvalue weighted by molar-refractivity contribution is 0.741. The molecular weight excluding hydrogens is 240 g/mol. The molecular formula is C13H14N6. The van der Waals surface area contributed by atoms with Crippen molar-refractivity contribution in [3.63, 3.8) is 0 Å². The molecule has 0 bridgehead atoms. The average Bonchev–Trinajstić information content (AvgIpc) is 2.84. The highest BCUT2D eigenvalue weighted by Gasteiger charge is 2.01. The van der Waals surface area contributed by atoms with Crippen LogP contribution in [0.2, 0.25) is 0 Å². The van der Waals surface area contributed by atoms with Gasteiger partial charge in [0.1, 0.15) is 6.33 Å². The van der Waals surface area contributed by atoms with E-state index < -0.39 is 0 Å². The van der Waals surface area contributed by atoms with E-state index >= 15 is 0 Å². The van der Waals surface area contributed by atoms with E-state index in [9.17, 15) is 0 Å². The van der Waals surface area contributed by atoms with E-state index in [0.29, 0.717) is 12.5 Å². The SMILES string of the molecule is Cn1cnc(CCNc2ncc3ccccc3n2)n1. The fourth-order valence-corrected chi connectivity index (χ4v) is 1.84. The number of fused-ring (bicyclic) bond motifs is 1. The summed E-state index contributed by atoms with van der Waals surface area (Å²) >= 11 is 0. The van der Waals surface area contributed by atoms with Crippen LogP contribution in [0.1, 0.15) is 5.82 Å². The molecule has 2 heterocycles. The van der Waals surface area contributed by atoms with E-state index in [4.69, 9.17) is 0 Å². The van der Waals surface area contributed by atoms with Gasteiger partial charge in [0.15, 0.2) is 5.82 Å². The van der Waals surface area contributed by atoms with Crippen molar-refractivity contribution in [1.29, 1.82) is 0 Å². The molecule has 96 valence electrons. The van der Waals surface area contributed by atoms with Crippen molar-refractivity contribution in [2.24, 2.45) is 7.05 Å². The van der Waals surface area contributed by atoms with Gasteiger partial charge in [-0.1, -0.05) is 18.2 Å². The fraction of sp³-hybridized carbons (Fsp3) is 0.231. The Morgan fingerprint density at radius 2 is 2.11 bits per heavy atom. The van der Waals surface area contributed by atoms with Crippen molar-refractivity contribution in [3.8, 4) is 0 Å². The molecule has 1 aromatic carbocycles. The van der Waals surface area contributed by atoms with E-state index in [1.165, 1.54) is 0 Å². The van der Waals surface area contributed by atoms with Gasteiger partial charge in [0, 0.05) is 31.6 Å². The predicted molar refractivity (Wildman–Crippen MR) is 72.7 cm³/mol. The van der Waals surface area contributed by atoms with Crippen LogP contribution in [0.5, 0.6) is 0 Å². The van der Waals surface area contributed by atoms with Gasteiger partial charge in [0.25, 0.3) is 0 Å². The van der Waals surface area contributed by atoms with Crippen molar-refractivity contribution in [2.45, 2.75) is 6.42 Å². The van der Waals surface area contributed by atoms with Crippen LogP contribution in [-0.4, -0.2) is 31.3 Å². The van der Waals surface area contributed by atoms with Crippen molar-refractivity contribution in [2.75, 3.05) is 11.9 Å². The second-order valence-electron chi connectivity index (χ2n) is 4.26. The van der Waals surface area contributed by atoms with Crippen LogP contribution < -0.4 is 5.32 Å². The molecule has 0 spiro atoms. The third kappa shape index (κ3) is 2.67. The van der Waals surface area contributed by atoms with Gasteiger partial charge in [-0.3, -0.25) is 4.68 Å². The highest BCUT2D eigenvalue weighted by Crippen LogP contribution is 2.11. The minimum absolute atomic E-state index is 0.634. The van der Waals surface area contributed by atoms with Crippen LogP contribution in [0.25, 0.3) is 10.9 Å². The van der Waals surface area contributed by atoms with Crippen molar-refractivity contribution >= 4 is 16.9 Å². The maximum absolute atomic E-state index is 4.44. The zero-order chi connectivity index (χ0) is 13.1. The number of hydrogen-bond donors (Lipinski definition) is 1. The monoisotopic (exact) mass is 254 g/mol. The average molecular weight is 254 g/mol. The number of benzene rings is 1. The standard InChI is InChI=1S/C13H14N6/c1-19-9-16-12(18-19)6-7-14-13-15-8-10-4-2-3-5-11(10)17-13/h2-5,8-9H,6-7H2,1H3,(H,14,15,17). The number of anilines is 1. The third-order valence-corrected chi connectivity index (χ3v) is 2.77. The molecule has 0 radical (unpaired) electrons. The quantitative estimate of drug-likeness (QED) is 0.762. The number of hydrogen-bond acceptors (Lipinski definition) is 5. The second-order valence-corrected chi connectivity index (χ2v) is 4.26. The Hall–Kier alpha value is -2.50. The first-order valence-electron chi connectivity index (χ1n) is 6.11. The Balaban J connectivity index is 1.65. The molecule has 2 aromatic heterocycles. The van der Waals surface area contributed by atoms with Gasteiger partial charge in [-0.2, -0.15) is 5.10 Å². The van der Waals surface area contributed by atoms with E-state index in [1.807, 2.05) is 37.5 Å². The molecule has 3 aromatic rings.